The summed E-state index contributed by atoms with van der Waals surface area (Å²) in [5.74, 6) is 1.22. The van der Waals surface area contributed by atoms with E-state index in [1.165, 1.54) is 0 Å². The van der Waals surface area contributed by atoms with Crippen molar-refractivity contribution in [1.82, 2.24) is 14.7 Å². The fourth-order valence-electron chi connectivity index (χ4n) is 3.55. The number of hydrogen-bond acceptors (Lipinski definition) is 5. The Morgan fingerprint density at radius 2 is 1.78 bits per heavy atom. The molecule has 0 aliphatic rings. The molecule has 0 unspecified atom stereocenters. The lowest BCUT2D eigenvalue weighted by Crippen LogP contribution is -2.26. The van der Waals surface area contributed by atoms with Gasteiger partial charge in [-0.1, -0.05) is 42.5 Å². The average Bonchev–Trinajstić information content (AvgIpc) is 3.49. The van der Waals surface area contributed by atoms with E-state index in [4.69, 9.17) is 14.6 Å². The third-order valence-electron chi connectivity index (χ3n) is 5.15. The molecule has 0 saturated heterocycles. The van der Waals surface area contributed by atoms with Crippen molar-refractivity contribution in [1.29, 1.82) is 0 Å². The van der Waals surface area contributed by atoms with Crippen LogP contribution in [0.15, 0.2) is 72.2 Å². The Kier molecular flexibility index (Phi) is 6.56. The van der Waals surface area contributed by atoms with E-state index in [2.05, 4.69) is 12.1 Å². The Morgan fingerprint density at radius 3 is 2.47 bits per heavy atom. The summed E-state index contributed by atoms with van der Waals surface area (Å²) in [6, 6.07) is 19.7. The highest BCUT2D eigenvalue weighted by molar-refractivity contribution is 7.13. The van der Waals surface area contributed by atoms with Gasteiger partial charge in [0, 0.05) is 19.8 Å². The number of ether oxygens (including phenoxy) is 2. The van der Waals surface area contributed by atoms with E-state index in [0.717, 1.165) is 16.0 Å². The van der Waals surface area contributed by atoms with Crippen molar-refractivity contribution in [3.63, 3.8) is 0 Å². The van der Waals surface area contributed by atoms with Gasteiger partial charge in [0.1, 0.15) is 5.69 Å². The maximum Gasteiger partial charge on any atom is 0.257 e. The lowest BCUT2D eigenvalue weighted by Gasteiger charge is -2.18. The van der Waals surface area contributed by atoms with Gasteiger partial charge in [0.15, 0.2) is 11.5 Å². The second-order valence-corrected chi connectivity index (χ2v) is 8.35. The maximum absolute atomic E-state index is 13.4. The van der Waals surface area contributed by atoms with Crippen LogP contribution in [-0.4, -0.2) is 41.9 Å². The van der Waals surface area contributed by atoms with Gasteiger partial charge >= 0.3 is 0 Å². The first-order valence-corrected chi connectivity index (χ1v) is 11.1. The summed E-state index contributed by atoms with van der Waals surface area (Å²) in [7, 11) is 5.00. The third-order valence-corrected chi connectivity index (χ3v) is 6.03. The molecule has 6 nitrogen and oxygen atoms in total. The fourth-order valence-corrected chi connectivity index (χ4v) is 4.28. The molecule has 0 aliphatic heterocycles. The van der Waals surface area contributed by atoms with Crippen molar-refractivity contribution in [3.8, 4) is 22.1 Å². The molecule has 0 atom stereocenters. The number of methoxy groups -OCH3 is 2. The number of aromatic nitrogens is 2. The molecule has 0 aliphatic carbocycles. The number of hydrogen-bond donors (Lipinski definition) is 0. The second kappa shape index (κ2) is 9.70. The van der Waals surface area contributed by atoms with Crippen molar-refractivity contribution in [2.75, 3.05) is 21.3 Å². The molecule has 7 heteroatoms. The molecule has 4 aromatic rings. The first-order chi connectivity index (χ1) is 15.6. The van der Waals surface area contributed by atoms with Crippen LogP contribution in [0.2, 0.25) is 0 Å². The summed E-state index contributed by atoms with van der Waals surface area (Å²) in [6.07, 6.45) is 1.84. The molecule has 0 fully saturated rings. The molecular weight excluding hydrogens is 422 g/mol. The van der Waals surface area contributed by atoms with Crippen molar-refractivity contribution in [2.45, 2.75) is 13.1 Å². The van der Waals surface area contributed by atoms with E-state index in [1.807, 2.05) is 64.8 Å². The first kappa shape index (κ1) is 21.6. The molecule has 0 spiro atoms. The highest BCUT2D eigenvalue weighted by atomic mass is 32.1. The van der Waals surface area contributed by atoms with Gasteiger partial charge in [-0.2, -0.15) is 5.10 Å². The lowest BCUT2D eigenvalue weighted by molar-refractivity contribution is 0.0785. The van der Waals surface area contributed by atoms with Gasteiger partial charge in [-0.25, -0.2) is 0 Å². The third kappa shape index (κ3) is 4.68. The van der Waals surface area contributed by atoms with E-state index >= 15 is 0 Å². The molecule has 4 rings (SSSR count). The number of rotatable bonds is 8. The number of carbonyl (C=O) groups is 1. The summed E-state index contributed by atoms with van der Waals surface area (Å²) in [4.78, 5) is 16.1. The summed E-state index contributed by atoms with van der Waals surface area (Å²) in [5.41, 5.74) is 3.38. The SMILES string of the molecule is COc1ccc(CN(C)C(=O)c2cn(Cc3ccccc3)nc2-c2cccs2)cc1OC. The van der Waals surface area contributed by atoms with E-state index in [1.54, 1.807) is 37.5 Å². The van der Waals surface area contributed by atoms with Crippen LogP contribution in [0.25, 0.3) is 10.6 Å². The van der Waals surface area contributed by atoms with Gasteiger partial charge in [-0.3, -0.25) is 9.48 Å². The number of amides is 1. The molecule has 1 amide bonds. The summed E-state index contributed by atoms with van der Waals surface area (Å²) >= 11 is 1.57. The number of benzene rings is 2. The fraction of sp³-hybridized carbons (Fsp3) is 0.200. The van der Waals surface area contributed by atoms with Crippen molar-refractivity contribution < 1.29 is 14.3 Å². The predicted molar refractivity (Wildman–Crippen MR) is 126 cm³/mol. The molecular formula is C25H25N3O3S. The predicted octanol–water partition coefficient (Wildman–Crippen LogP) is 4.95. The van der Waals surface area contributed by atoms with Crippen LogP contribution in [0, 0.1) is 0 Å². The van der Waals surface area contributed by atoms with Crippen molar-refractivity contribution in [2.24, 2.45) is 0 Å². The summed E-state index contributed by atoms with van der Waals surface area (Å²) in [6.45, 7) is 1.04. The van der Waals surface area contributed by atoms with Crippen molar-refractivity contribution >= 4 is 17.2 Å². The van der Waals surface area contributed by atoms with Crippen LogP contribution in [0.4, 0.5) is 0 Å². The normalized spacial score (nSPS) is 10.7. The maximum atomic E-state index is 13.4. The zero-order valence-electron chi connectivity index (χ0n) is 18.3. The topological polar surface area (TPSA) is 56.6 Å². The van der Waals surface area contributed by atoms with Crippen molar-refractivity contribution in [3.05, 3.63) is 88.9 Å². The molecule has 0 bridgehead atoms. The quantitative estimate of drug-likeness (QED) is 0.384. The van der Waals surface area contributed by atoms with Gasteiger partial charge < -0.3 is 14.4 Å². The molecule has 0 saturated carbocycles. The van der Waals surface area contributed by atoms with Crippen LogP contribution >= 0.6 is 11.3 Å². The zero-order valence-corrected chi connectivity index (χ0v) is 19.1. The van der Waals surface area contributed by atoms with Gasteiger partial charge in [-0.15, -0.1) is 11.3 Å². The van der Waals surface area contributed by atoms with Gasteiger partial charge in [0.2, 0.25) is 0 Å². The molecule has 32 heavy (non-hydrogen) atoms. The Labute approximate surface area is 191 Å². The molecule has 2 heterocycles. The lowest BCUT2D eigenvalue weighted by atomic mass is 10.1. The smallest absolute Gasteiger partial charge is 0.257 e. The Morgan fingerprint density at radius 1 is 1.00 bits per heavy atom. The number of thiophene rings is 1. The number of carbonyl (C=O) groups excluding carboxylic acids is 1. The van der Waals surface area contributed by atoms with Crippen LogP contribution in [0.1, 0.15) is 21.5 Å². The highest BCUT2D eigenvalue weighted by Gasteiger charge is 2.22. The minimum absolute atomic E-state index is 0.0810. The monoisotopic (exact) mass is 447 g/mol. The molecule has 0 radical (unpaired) electrons. The van der Waals surface area contributed by atoms with Gasteiger partial charge in [0.25, 0.3) is 5.91 Å². The number of nitrogens with zero attached hydrogens (tertiary/aromatic N) is 3. The highest BCUT2D eigenvalue weighted by Crippen LogP contribution is 2.30. The van der Waals surface area contributed by atoms with E-state index in [-0.39, 0.29) is 5.91 Å². The van der Waals surface area contributed by atoms with E-state index in [0.29, 0.717) is 35.8 Å². The Bertz CT molecular complexity index is 1190. The van der Waals surface area contributed by atoms with Crippen LogP contribution < -0.4 is 9.47 Å². The summed E-state index contributed by atoms with van der Waals surface area (Å²) in [5, 5.41) is 6.74. The first-order valence-electron chi connectivity index (χ1n) is 10.2. The zero-order chi connectivity index (χ0) is 22.5. The Hall–Kier alpha value is -3.58. The van der Waals surface area contributed by atoms with E-state index < -0.39 is 0 Å². The summed E-state index contributed by atoms with van der Waals surface area (Å²) < 4.78 is 12.5. The largest absolute Gasteiger partial charge is 0.493 e. The Balaban J connectivity index is 1.60. The minimum atomic E-state index is -0.0810. The minimum Gasteiger partial charge on any atom is -0.493 e. The van der Waals surface area contributed by atoms with Gasteiger partial charge in [-0.05, 0) is 34.7 Å². The average molecular weight is 448 g/mol. The molecule has 0 N–H and O–H groups in total. The van der Waals surface area contributed by atoms with Gasteiger partial charge in [0.05, 0.1) is 31.2 Å². The molecule has 164 valence electrons. The van der Waals surface area contributed by atoms with E-state index in [9.17, 15) is 4.79 Å². The standard InChI is InChI=1S/C25H25N3O3S/c1-27(15-19-11-12-21(30-2)22(14-19)31-3)25(29)20-17-28(16-18-8-5-4-6-9-18)26-24(20)23-10-7-13-32-23/h4-14,17H,15-16H2,1-3H3. The van der Waals surface area contributed by atoms with Crippen LogP contribution in [0.3, 0.4) is 0 Å². The molecule has 2 aromatic carbocycles. The van der Waals surface area contributed by atoms with Crippen LogP contribution in [0.5, 0.6) is 11.5 Å². The second-order valence-electron chi connectivity index (χ2n) is 7.40. The molecule has 2 aromatic heterocycles. The van der Waals surface area contributed by atoms with Crippen LogP contribution in [-0.2, 0) is 13.1 Å².